The Morgan fingerprint density at radius 1 is 1.40 bits per heavy atom. The molecule has 2 rings (SSSR count). The normalized spacial score (nSPS) is 38.0. The first-order valence-corrected chi connectivity index (χ1v) is 3.60. The van der Waals surface area contributed by atoms with Crippen molar-refractivity contribution in [2.75, 3.05) is 0 Å². The van der Waals surface area contributed by atoms with Crippen molar-refractivity contribution < 1.29 is 9.59 Å². The molecule has 1 saturated heterocycles. The first-order chi connectivity index (χ1) is 4.77. The zero-order valence-corrected chi connectivity index (χ0v) is 5.59. The highest BCUT2D eigenvalue weighted by Crippen LogP contribution is 2.26. The molecule has 3 nitrogen and oxygen atoms in total. The van der Waals surface area contributed by atoms with E-state index in [0.29, 0.717) is 12.5 Å². The third kappa shape index (κ3) is 0.664. The van der Waals surface area contributed by atoms with Gasteiger partial charge < -0.3 is 5.32 Å². The molecule has 0 radical (unpaired) electrons. The summed E-state index contributed by atoms with van der Waals surface area (Å²) in [6.07, 6.45) is 2.19. The summed E-state index contributed by atoms with van der Waals surface area (Å²) in [5.41, 5.74) is 0. The molecule has 2 unspecified atom stereocenters. The van der Waals surface area contributed by atoms with E-state index in [-0.39, 0.29) is 17.6 Å². The van der Waals surface area contributed by atoms with Crippen LogP contribution >= 0.6 is 0 Å². The SMILES string of the molecule is O=C1CCC2CC1C(=O)N2. The maximum absolute atomic E-state index is 11.0. The van der Waals surface area contributed by atoms with E-state index in [2.05, 4.69) is 5.32 Å². The summed E-state index contributed by atoms with van der Waals surface area (Å²) in [7, 11) is 0. The summed E-state index contributed by atoms with van der Waals surface area (Å²) in [6.45, 7) is 0. The van der Waals surface area contributed by atoms with Crippen LogP contribution in [0.15, 0.2) is 0 Å². The zero-order chi connectivity index (χ0) is 7.14. The molecule has 2 aliphatic rings. The molecule has 1 aliphatic carbocycles. The van der Waals surface area contributed by atoms with Crippen molar-refractivity contribution in [1.29, 1.82) is 0 Å². The van der Waals surface area contributed by atoms with E-state index in [1.807, 2.05) is 0 Å². The lowest BCUT2D eigenvalue weighted by atomic mass is 9.89. The minimum atomic E-state index is -0.293. The first-order valence-electron chi connectivity index (χ1n) is 3.60. The molecular weight excluding hydrogens is 130 g/mol. The summed E-state index contributed by atoms with van der Waals surface area (Å²) < 4.78 is 0. The van der Waals surface area contributed by atoms with Crippen molar-refractivity contribution >= 4 is 11.7 Å². The quantitative estimate of drug-likeness (QED) is 0.474. The minimum Gasteiger partial charge on any atom is -0.353 e. The number of Topliss-reactive ketones (excluding diaryl/α,β-unsaturated/α-hetero) is 1. The van der Waals surface area contributed by atoms with Crippen molar-refractivity contribution in [2.45, 2.75) is 25.3 Å². The van der Waals surface area contributed by atoms with E-state index in [9.17, 15) is 9.59 Å². The maximum atomic E-state index is 11.0. The third-order valence-corrected chi connectivity index (χ3v) is 2.31. The number of amides is 1. The molecular formula is C7H9NO2. The molecule has 1 amide bonds. The Morgan fingerprint density at radius 2 is 2.20 bits per heavy atom. The van der Waals surface area contributed by atoms with Gasteiger partial charge in [-0.1, -0.05) is 0 Å². The number of ketones is 1. The van der Waals surface area contributed by atoms with Gasteiger partial charge in [0.05, 0.1) is 5.92 Å². The molecule has 3 heteroatoms. The number of carbonyl (C=O) groups is 2. The fourth-order valence-corrected chi connectivity index (χ4v) is 1.71. The van der Waals surface area contributed by atoms with Gasteiger partial charge in [0.15, 0.2) is 0 Å². The highest BCUT2D eigenvalue weighted by Gasteiger charge is 2.40. The molecule has 1 N–H and O–H groups in total. The molecule has 2 fully saturated rings. The van der Waals surface area contributed by atoms with Crippen molar-refractivity contribution in [2.24, 2.45) is 5.92 Å². The number of carbonyl (C=O) groups excluding carboxylic acids is 2. The molecule has 2 atom stereocenters. The molecule has 1 heterocycles. The maximum Gasteiger partial charge on any atom is 0.230 e. The van der Waals surface area contributed by atoms with Crippen LogP contribution in [0.2, 0.25) is 0 Å². The summed E-state index contributed by atoms with van der Waals surface area (Å²) >= 11 is 0. The Kier molecular flexibility index (Phi) is 1.07. The summed E-state index contributed by atoms with van der Waals surface area (Å²) in [5, 5.41) is 2.79. The summed E-state index contributed by atoms with van der Waals surface area (Å²) in [6, 6.07) is 0.301. The number of rotatable bonds is 0. The van der Waals surface area contributed by atoms with E-state index in [4.69, 9.17) is 0 Å². The van der Waals surface area contributed by atoms with Crippen molar-refractivity contribution in [3.05, 3.63) is 0 Å². The minimum absolute atomic E-state index is 0.0486. The van der Waals surface area contributed by atoms with Gasteiger partial charge in [-0.25, -0.2) is 0 Å². The highest BCUT2D eigenvalue weighted by molar-refractivity contribution is 6.04. The van der Waals surface area contributed by atoms with Crippen molar-refractivity contribution in [3.8, 4) is 0 Å². The molecule has 1 saturated carbocycles. The van der Waals surface area contributed by atoms with Gasteiger partial charge in [-0.2, -0.15) is 0 Å². The van der Waals surface area contributed by atoms with Crippen molar-refractivity contribution in [3.63, 3.8) is 0 Å². The van der Waals surface area contributed by atoms with Gasteiger partial charge in [-0.05, 0) is 12.8 Å². The molecule has 0 aromatic carbocycles. The lowest BCUT2D eigenvalue weighted by Gasteiger charge is -2.13. The van der Waals surface area contributed by atoms with Crippen LogP contribution in [-0.2, 0) is 9.59 Å². The van der Waals surface area contributed by atoms with Gasteiger partial charge in [0.25, 0.3) is 0 Å². The molecule has 0 spiro atoms. The van der Waals surface area contributed by atoms with Gasteiger partial charge in [0, 0.05) is 12.5 Å². The van der Waals surface area contributed by atoms with E-state index >= 15 is 0 Å². The van der Waals surface area contributed by atoms with Gasteiger partial charge in [-0.3, -0.25) is 9.59 Å². The van der Waals surface area contributed by atoms with Crippen LogP contribution in [0.25, 0.3) is 0 Å². The topological polar surface area (TPSA) is 46.2 Å². The monoisotopic (exact) mass is 139 g/mol. The number of hydrogen-bond donors (Lipinski definition) is 1. The summed E-state index contributed by atoms with van der Waals surface area (Å²) in [4.78, 5) is 21.9. The Balaban J connectivity index is 2.25. The molecule has 10 heavy (non-hydrogen) atoms. The van der Waals surface area contributed by atoms with Crippen LogP contribution in [0, 0.1) is 5.92 Å². The van der Waals surface area contributed by atoms with Gasteiger partial charge >= 0.3 is 0 Å². The highest BCUT2D eigenvalue weighted by atomic mass is 16.2. The average Bonchev–Trinajstić information content (AvgIpc) is 2.21. The van der Waals surface area contributed by atoms with Crippen molar-refractivity contribution in [1.82, 2.24) is 5.32 Å². The van der Waals surface area contributed by atoms with E-state index < -0.39 is 0 Å². The lowest BCUT2D eigenvalue weighted by Crippen LogP contribution is -2.24. The first kappa shape index (κ1) is 5.89. The van der Waals surface area contributed by atoms with Crippen LogP contribution in [0.5, 0.6) is 0 Å². The average molecular weight is 139 g/mol. The molecule has 0 aromatic rings. The van der Waals surface area contributed by atoms with Crippen LogP contribution in [-0.4, -0.2) is 17.7 Å². The van der Waals surface area contributed by atoms with E-state index in [1.165, 1.54) is 0 Å². The predicted octanol–water partition coefficient (Wildman–Crippen LogP) is -0.146. The third-order valence-electron chi connectivity index (χ3n) is 2.31. The Hall–Kier alpha value is -0.860. The van der Waals surface area contributed by atoms with Crippen LogP contribution < -0.4 is 5.32 Å². The molecule has 54 valence electrons. The van der Waals surface area contributed by atoms with Crippen LogP contribution in [0.3, 0.4) is 0 Å². The molecule has 0 aromatic heterocycles. The fraction of sp³-hybridized carbons (Fsp3) is 0.714. The smallest absolute Gasteiger partial charge is 0.230 e. The second-order valence-corrected chi connectivity index (χ2v) is 3.00. The second kappa shape index (κ2) is 1.81. The predicted molar refractivity (Wildman–Crippen MR) is 34.3 cm³/mol. The number of hydrogen-bond acceptors (Lipinski definition) is 2. The zero-order valence-electron chi connectivity index (χ0n) is 5.59. The number of fused-ring (bicyclic) bond motifs is 2. The Labute approximate surface area is 58.8 Å². The van der Waals surface area contributed by atoms with Crippen LogP contribution in [0.4, 0.5) is 0 Å². The van der Waals surface area contributed by atoms with Crippen LogP contribution in [0.1, 0.15) is 19.3 Å². The lowest BCUT2D eigenvalue weighted by molar-refractivity contribution is -0.131. The van der Waals surface area contributed by atoms with E-state index in [1.54, 1.807) is 0 Å². The molecule has 2 bridgehead atoms. The van der Waals surface area contributed by atoms with Gasteiger partial charge in [-0.15, -0.1) is 0 Å². The summed E-state index contributed by atoms with van der Waals surface area (Å²) in [5.74, 6) is -0.211. The standard InChI is InChI=1S/C7H9NO2/c9-6-2-1-4-3-5(6)7(10)8-4/h4-5H,1-3H2,(H,8,10). The largest absolute Gasteiger partial charge is 0.353 e. The second-order valence-electron chi connectivity index (χ2n) is 3.00. The fourth-order valence-electron chi connectivity index (χ4n) is 1.71. The Bertz CT molecular complexity index is 192. The van der Waals surface area contributed by atoms with E-state index in [0.717, 1.165) is 12.8 Å². The Morgan fingerprint density at radius 3 is 2.90 bits per heavy atom. The molecule has 1 aliphatic heterocycles. The van der Waals surface area contributed by atoms with Gasteiger partial charge in [0.1, 0.15) is 5.78 Å². The van der Waals surface area contributed by atoms with Gasteiger partial charge in [0.2, 0.25) is 5.91 Å². The number of nitrogens with one attached hydrogen (secondary N) is 1.